The average Bonchev–Trinajstić information content (AvgIpc) is 3.40. The lowest BCUT2D eigenvalue weighted by Crippen LogP contribution is -2.48. The fraction of sp³-hybridized carbons (Fsp3) is 0.200. The van der Waals surface area contributed by atoms with E-state index in [0.29, 0.717) is 27.0 Å². The number of benzene rings is 3. The van der Waals surface area contributed by atoms with E-state index in [2.05, 4.69) is 15.9 Å². The van der Waals surface area contributed by atoms with Crippen molar-refractivity contribution in [3.8, 4) is 5.75 Å². The fourth-order valence-corrected chi connectivity index (χ4v) is 6.44. The molecule has 0 radical (unpaired) electrons. The molecule has 3 aliphatic heterocycles. The third-order valence-electron chi connectivity index (χ3n) is 7.65. The van der Waals surface area contributed by atoms with E-state index in [0.717, 1.165) is 11.3 Å². The number of hydrogen-bond donors (Lipinski definition) is 0. The van der Waals surface area contributed by atoms with Crippen LogP contribution in [0.1, 0.15) is 33.2 Å². The summed E-state index contributed by atoms with van der Waals surface area (Å²) in [6, 6.07) is 17.8. The molecule has 190 valence electrons. The van der Waals surface area contributed by atoms with Gasteiger partial charge in [0.2, 0.25) is 11.8 Å². The Labute approximate surface area is 227 Å². The zero-order valence-electron chi connectivity index (χ0n) is 20.6. The van der Waals surface area contributed by atoms with Gasteiger partial charge in [0, 0.05) is 16.8 Å². The van der Waals surface area contributed by atoms with Gasteiger partial charge in [-0.1, -0.05) is 30.4 Å². The van der Waals surface area contributed by atoms with E-state index in [9.17, 15) is 19.2 Å². The monoisotopic (exact) mass is 570 g/mol. The molecule has 6 rings (SSSR count). The summed E-state index contributed by atoms with van der Waals surface area (Å²) < 4.78 is 5.94. The molecule has 4 atom stereocenters. The predicted octanol–water partition coefficient (Wildman–Crippen LogP) is 4.93. The maximum Gasteiger partial charge on any atom is 0.240 e. The smallest absolute Gasteiger partial charge is 0.240 e. The summed E-state index contributed by atoms with van der Waals surface area (Å²) in [5.74, 6) is -2.12. The zero-order chi connectivity index (χ0) is 26.7. The Kier molecular flexibility index (Phi) is 5.79. The molecule has 38 heavy (non-hydrogen) atoms. The summed E-state index contributed by atoms with van der Waals surface area (Å²) in [4.78, 5) is 56.9. The van der Waals surface area contributed by atoms with Gasteiger partial charge in [-0.2, -0.15) is 0 Å². The van der Waals surface area contributed by atoms with Crippen LogP contribution in [0, 0.1) is 11.8 Å². The van der Waals surface area contributed by atoms with Gasteiger partial charge in [0.25, 0.3) is 0 Å². The van der Waals surface area contributed by atoms with Crippen molar-refractivity contribution in [2.24, 2.45) is 11.8 Å². The van der Waals surface area contributed by atoms with Crippen LogP contribution >= 0.6 is 15.9 Å². The van der Waals surface area contributed by atoms with Crippen molar-refractivity contribution in [2.75, 3.05) is 16.9 Å². The molecule has 3 aromatic rings. The second-order valence-corrected chi connectivity index (χ2v) is 10.5. The van der Waals surface area contributed by atoms with Crippen LogP contribution in [0.15, 0.2) is 77.3 Å². The Morgan fingerprint density at radius 3 is 2.26 bits per heavy atom. The Morgan fingerprint density at radius 2 is 1.58 bits per heavy atom. The van der Waals surface area contributed by atoms with Crippen LogP contribution in [0.25, 0.3) is 6.08 Å². The van der Waals surface area contributed by atoms with E-state index in [1.165, 1.54) is 11.8 Å². The van der Waals surface area contributed by atoms with Crippen LogP contribution in [0.4, 0.5) is 11.4 Å². The highest BCUT2D eigenvalue weighted by atomic mass is 79.9. The van der Waals surface area contributed by atoms with Crippen LogP contribution in [0.2, 0.25) is 0 Å². The molecule has 0 aromatic heterocycles. The maximum absolute atomic E-state index is 14.2. The largest absolute Gasteiger partial charge is 0.496 e. The van der Waals surface area contributed by atoms with E-state index >= 15 is 0 Å². The molecule has 3 aromatic carbocycles. The lowest BCUT2D eigenvalue weighted by Gasteiger charge is -2.36. The van der Waals surface area contributed by atoms with Gasteiger partial charge in [0.15, 0.2) is 11.6 Å². The molecule has 0 spiro atoms. The topological polar surface area (TPSA) is 84.0 Å². The highest BCUT2D eigenvalue weighted by molar-refractivity contribution is 9.10. The van der Waals surface area contributed by atoms with Gasteiger partial charge in [-0.15, -0.1) is 0 Å². The number of nitrogens with zero attached hydrogens (tertiary/aromatic N) is 2. The summed E-state index contributed by atoms with van der Waals surface area (Å²) >= 11 is 3.46. The van der Waals surface area contributed by atoms with Gasteiger partial charge in [0.05, 0.1) is 35.1 Å². The molecule has 2 fully saturated rings. The summed E-state index contributed by atoms with van der Waals surface area (Å²) in [7, 11) is 1.55. The molecule has 3 aliphatic rings. The second kappa shape index (κ2) is 9.06. The van der Waals surface area contributed by atoms with Crippen LogP contribution in [-0.2, 0) is 9.59 Å². The Hall–Kier alpha value is -4.04. The first kappa shape index (κ1) is 24.3. The molecule has 0 saturated carbocycles. The number of halogens is 1. The SMILES string of the molecule is COc1ccc(C(=O)[C@@H]2[C@@H]3C(=O)N(c4ccc(C(C)=O)cc4)C(=O)[C@H]3[C@H]3C=Cc4ccccc4N32)cc1Br. The maximum atomic E-state index is 14.2. The van der Waals surface area contributed by atoms with Gasteiger partial charge in [-0.25, -0.2) is 4.90 Å². The number of carbonyl (C=O) groups is 4. The number of Topliss-reactive ketones (excluding diaryl/α,β-unsaturated/α-hetero) is 2. The summed E-state index contributed by atoms with van der Waals surface area (Å²) in [5, 5.41) is 0. The lowest BCUT2D eigenvalue weighted by molar-refractivity contribution is -0.122. The van der Waals surface area contributed by atoms with Crippen molar-refractivity contribution in [3.05, 3.63) is 94.0 Å². The van der Waals surface area contributed by atoms with Crippen molar-refractivity contribution in [1.29, 1.82) is 0 Å². The van der Waals surface area contributed by atoms with Gasteiger partial charge < -0.3 is 9.64 Å². The molecule has 7 nitrogen and oxygen atoms in total. The van der Waals surface area contributed by atoms with Crippen molar-refractivity contribution in [3.63, 3.8) is 0 Å². The van der Waals surface area contributed by atoms with E-state index in [-0.39, 0.29) is 17.5 Å². The van der Waals surface area contributed by atoms with Crippen LogP contribution < -0.4 is 14.5 Å². The first-order valence-corrected chi connectivity index (χ1v) is 13.0. The van der Waals surface area contributed by atoms with E-state index in [1.807, 2.05) is 41.3 Å². The predicted molar refractivity (Wildman–Crippen MR) is 146 cm³/mol. The number of hydrogen-bond acceptors (Lipinski definition) is 6. The molecule has 0 unspecified atom stereocenters. The number of rotatable bonds is 5. The number of anilines is 2. The first-order valence-electron chi connectivity index (χ1n) is 12.2. The average molecular weight is 571 g/mol. The number of ketones is 2. The fourth-order valence-electron chi connectivity index (χ4n) is 5.90. The third-order valence-corrected chi connectivity index (χ3v) is 8.27. The van der Waals surface area contributed by atoms with Gasteiger partial charge >= 0.3 is 0 Å². The minimum atomic E-state index is -0.880. The Balaban J connectivity index is 1.46. The highest BCUT2D eigenvalue weighted by Crippen LogP contribution is 2.50. The molecule has 8 heteroatoms. The second-order valence-electron chi connectivity index (χ2n) is 9.64. The molecule has 0 aliphatic carbocycles. The Morgan fingerprint density at radius 1 is 0.895 bits per heavy atom. The molecule has 2 saturated heterocycles. The van der Waals surface area contributed by atoms with Crippen molar-refractivity contribution in [1.82, 2.24) is 0 Å². The van der Waals surface area contributed by atoms with E-state index in [4.69, 9.17) is 4.74 Å². The van der Waals surface area contributed by atoms with Crippen LogP contribution in [0.5, 0.6) is 5.75 Å². The number of amides is 2. The number of methoxy groups -OCH3 is 1. The zero-order valence-corrected chi connectivity index (χ0v) is 22.2. The summed E-state index contributed by atoms with van der Waals surface area (Å²) in [5.41, 5.74) is 3.04. The quantitative estimate of drug-likeness (QED) is 0.319. The summed E-state index contributed by atoms with van der Waals surface area (Å²) in [6.45, 7) is 1.46. The summed E-state index contributed by atoms with van der Waals surface area (Å²) in [6.07, 6.45) is 3.87. The minimum absolute atomic E-state index is 0.106. The number of imide groups is 1. The number of fused-ring (bicyclic) bond motifs is 5. The molecule has 2 amide bonds. The van der Waals surface area contributed by atoms with Gasteiger partial charge in [-0.05, 0) is 76.9 Å². The highest BCUT2D eigenvalue weighted by Gasteiger charge is 2.64. The molecular weight excluding hydrogens is 548 g/mol. The molecular formula is C30H23BrN2O5. The van der Waals surface area contributed by atoms with Crippen LogP contribution in [-0.4, -0.2) is 42.6 Å². The van der Waals surface area contributed by atoms with E-state index in [1.54, 1.807) is 49.6 Å². The van der Waals surface area contributed by atoms with Gasteiger partial charge in [0.1, 0.15) is 11.8 Å². The third kappa shape index (κ3) is 3.55. The van der Waals surface area contributed by atoms with E-state index < -0.39 is 29.8 Å². The molecule has 0 N–H and O–H groups in total. The van der Waals surface area contributed by atoms with Crippen molar-refractivity contribution >= 4 is 56.8 Å². The van der Waals surface area contributed by atoms with Crippen molar-refractivity contribution < 1.29 is 23.9 Å². The lowest BCUT2D eigenvalue weighted by atomic mass is 9.86. The Bertz CT molecular complexity index is 1550. The van der Waals surface area contributed by atoms with Crippen molar-refractivity contribution in [2.45, 2.75) is 19.0 Å². The standard InChI is InChI=1S/C30H23BrN2O5/c1-16(34)17-7-11-20(12-8-17)32-29(36)25-23-13-9-18-5-3-4-6-22(18)33(23)27(26(25)30(32)37)28(35)19-10-14-24(38-2)21(31)15-19/h3-15,23,25-27H,1-2H3/t23-,25+,26-,27+/m1/s1. The number of para-hydroxylation sites is 1. The first-order chi connectivity index (χ1) is 18.3. The van der Waals surface area contributed by atoms with Crippen LogP contribution in [0.3, 0.4) is 0 Å². The van der Waals surface area contributed by atoms with Gasteiger partial charge in [-0.3, -0.25) is 19.2 Å². The number of ether oxygens (including phenoxy) is 1. The number of carbonyl (C=O) groups excluding carboxylic acids is 4. The molecule has 3 heterocycles. The molecule has 0 bridgehead atoms. The normalized spacial score (nSPS) is 23.2. The minimum Gasteiger partial charge on any atom is -0.496 e.